The molecule has 1 aromatic carbocycles. The number of amides is 2. The van der Waals surface area contributed by atoms with Gasteiger partial charge in [-0.15, -0.1) is 0 Å². The largest absolute Gasteiger partial charge is 0.473 e. The summed E-state index contributed by atoms with van der Waals surface area (Å²) >= 11 is 0. The molecule has 2 amide bonds. The second-order valence-electron chi connectivity index (χ2n) is 9.74. The molecule has 1 aromatic heterocycles. The molecule has 1 unspecified atom stereocenters. The van der Waals surface area contributed by atoms with Gasteiger partial charge in [0.2, 0.25) is 0 Å². The Balaban J connectivity index is 1.44. The number of aliphatic hydroxyl groups excluding tert-OH is 1. The summed E-state index contributed by atoms with van der Waals surface area (Å²) in [7, 11) is 0. The first-order valence-corrected chi connectivity index (χ1v) is 11.8. The van der Waals surface area contributed by atoms with Crippen molar-refractivity contribution in [3.63, 3.8) is 0 Å². The van der Waals surface area contributed by atoms with E-state index in [-0.39, 0.29) is 56.5 Å². The van der Waals surface area contributed by atoms with E-state index in [1.807, 2.05) is 20.8 Å². The smallest absolute Gasteiger partial charge is 0.414 e. The second kappa shape index (κ2) is 10.9. The summed E-state index contributed by atoms with van der Waals surface area (Å²) in [5.74, 6) is -2.01. The number of rotatable bonds is 8. The van der Waals surface area contributed by atoms with E-state index in [1.54, 1.807) is 6.08 Å². The average molecular weight is 522 g/mol. The first kappa shape index (κ1) is 26.6. The number of halogens is 2. The number of nitrogens with zero attached hydrogens (tertiary/aromatic N) is 3. The highest BCUT2D eigenvalue weighted by Gasteiger charge is 2.36. The Kier molecular flexibility index (Phi) is 7.79. The van der Waals surface area contributed by atoms with Crippen LogP contribution in [-0.4, -0.2) is 77.8 Å². The van der Waals surface area contributed by atoms with Crippen LogP contribution in [-0.2, 0) is 14.3 Å². The van der Waals surface area contributed by atoms with Crippen molar-refractivity contribution in [1.82, 2.24) is 10.1 Å². The molecule has 1 saturated heterocycles. The van der Waals surface area contributed by atoms with Gasteiger partial charge in [-0.25, -0.2) is 13.6 Å². The maximum absolute atomic E-state index is 15.2. The molecule has 12 heteroatoms. The predicted octanol–water partition coefficient (Wildman–Crippen LogP) is 3.15. The Morgan fingerprint density at radius 2 is 2.03 bits per heavy atom. The lowest BCUT2D eigenvalue weighted by Crippen LogP contribution is -2.44. The fourth-order valence-corrected chi connectivity index (χ4v) is 4.07. The summed E-state index contributed by atoms with van der Waals surface area (Å²) in [6.45, 7) is 5.51. The monoisotopic (exact) mass is 521 g/mol. The Labute approximate surface area is 212 Å². The maximum Gasteiger partial charge on any atom is 0.414 e. The lowest BCUT2D eigenvalue weighted by molar-refractivity contribution is -0.146. The zero-order valence-corrected chi connectivity index (χ0v) is 20.8. The molecule has 0 radical (unpaired) electrons. The van der Waals surface area contributed by atoms with Crippen molar-refractivity contribution < 1.29 is 42.2 Å². The quantitative estimate of drug-likeness (QED) is 0.564. The zero-order chi connectivity index (χ0) is 26.7. The van der Waals surface area contributed by atoms with Crippen molar-refractivity contribution in [2.45, 2.75) is 44.9 Å². The number of aromatic nitrogens is 1. The van der Waals surface area contributed by atoms with E-state index in [4.69, 9.17) is 14.2 Å². The van der Waals surface area contributed by atoms with Gasteiger partial charge in [-0.05, 0) is 50.1 Å². The van der Waals surface area contributed by atoms with Crippen LogP contribution in [0.25, 0.3) is 5.57 Å². The number of cyclic esters (lactones) is 1. The lowest BCUT2D eigenvalue weighted by atomic mass is 9.97. The third-order valence-corrected chi connectivity index (χ3v) is 5.91. The molecule has 200 valence electrons. The molecule has 3 heterocycles. The standard InChI is InChI=1S/C25H29F2N3O7/c1-25(2,3)36-14-20(31)23(32)29-7-4-15(5-8-29)22-18(26)10-16(11-19(22)27)30-17(13-35-24(30)33)12-34-21-6-9-37-28-21/h4,6,9-11,17,20,31H,5,7-8,12-14H2,1-3H3/t17?,20-/m0/s1. The molecule has 0 saturated carbocycles. The summed E-state index contributed by atoms with van der Waals surface area (Å²) in [6, 6.07) is 3.00. The summed E-state index contributed by atoms with van der Waals surface area (Å²) in [5.41, 5.74) is -0.352. The van der Waals surface area contributed by atoms with Gasteiger partial charge in [0.1, 0.15) is 37.2 Å². The van der Waals surface area contributed by atoms with Gasteiger partial charge in [0.05, 0.1) is 17.9 Å². The van der Waals surface area contributed by atoms with Crippen molar-refractivity contribution in [2.75, 3.05) is 37.8 Å². The molecular formula is C25H29F2N3O7. The first-order valence-electron chi connectivity index (χ1n) is 11.8. The van der Waals surface area contributed by atoms with E-state index < -0.39 is 41.4 Å². The molecule has 1 fully saturated rings. The van der Waals surface area contributed by atoms with E-state index in [2.05, 4.69) is 9.68 Å². The summed E-state index contributed by atoms with van der Waals surface area (Å²) < 4.78 is 51.0. The van der Waals surface area contributed by atoms with Gasteiger partial charge in [-0.1, -0.05) is 6.08 Å². The minimum Gasteiger partial charge on any atom is -0.473 e. The fourth-order valence-electron chi connectivity index (χ4n) is 4.07. The van der Waals surface area contributed by atoms with Gasteiger partial charge >= 0.3 is 6.09 Å². The highest BCUT2D eigenvalue weighted by molar-refractivity contribution is 5.90. The van der Waals surface area contributed by atoms with Gasteiger partial charge in [-0.2, -0.15) is 0 Å². The minimum atomic E-state index is -1.33. The van der Waals surface area contributed by atoms with Crippen molar-refractivity contribution in [1.29, 1.82) is 0 Å². The Morgan fingerprint density at radius 1 is 1.30 bits per heavy atom. The van der Waals surface area contributed by atoms with Crippen LogP contribution in [0.1, 0.15) is 32.8 Å². The van der Waals surface area contributed by atoms with Crippen molar-refractivity contribution in [3.05, 3.63) is 47.7 Å². The Bertz CT molecular complexity index is 1140. The molecular weight excluding hydrogens is 492 g/mol. The third kappa shape index (κ3) is 6.25. The molecule has 2 aliphatic rings. The number of carbonyl (C=O) groups is 2. The van der Waals surface area contributed by atoms with Crippen molar-refractivity contribution in [3.8, 4) is 5.88 Å². The van der Waals surface area contributed by atoms with Crippen LogP contribution >= 0.6 is 0 Å². The third-order valence-electron chi connectivity index (χ3n) is 5.91. The van der Waals surface area contributed by atoms with Crippen LogP contribution in [0.5, 0.6) is 5.88 Å². The molecule has 10 nitrogen and oxygen atoms in total. The van der Waals surface area contributed by atoms with Crippen LogP contribution in [0.15, 0.2) is 35.1 Å². The number of aliphatic hydroxyl groups is 1. The Morgan fingerprint density at radius 3 is 2.62 bits per heavy atom. The van der Waals surface area contributed by atoms with Gasteiger partial charge < -0.3 is 28.7 Å². The van der Waals surface area contributed by atoms with Crippen LogP contribution in [0.4, 0.5) is 19.3 Å². The summed E-state index contributed by atoms with van der Waals surface area (Å²) in [6.07, 6.45) is 0.985. The van der Waals surface area contributed by atoms with Crippen LogP contribution in [0.2, 0.25) is 0 Å². The van der Waals surface area contributed by atoms with Crippen molar-refractivity contribution in [2.24, 2.45) is 0 Å². The molecule has 0 spiro atoms. The number of ether oxygens (including phenoxy) is 3. The molecule has 2 atom stereocenters. The van der Waals surface area contributed by atoms with E-state index in [9.17, 15) is 14.7 Å². The van der Waals surface area contributed by atoms with Gasteiger partial charge in [0, 0.05) is 24.7 Å². The number of carbonyl (C=O) groups excluding carboxylic acids is 2. The number of benzene rings is 1. The number of hydrogen-bond acceptors (Lipinski definition) is 8. The predicted molar refractivity (Wildman–Crippen MR) is 127 cm³/mol. The minimum absolute atomic E-state index is 0.00909. The van der Waals surface area contributed by atoms with E-state index in [0.717, 1.165) is 17.0 Å². The summed E-state index contributed by atoms with van der Waals surface area (Å²) in [5, 5.41) is 13.8. The van der Waals surface area contributed by atoms with Crippen LogP contribution in [0.3, 0.4) is 0 Å². The number of anilines is 1. The molecule has 4 rings (SSSR count). The van der Waals surface area contributed by atoms with E-state index in [1.165, 1.54) is 17.2 Å². The van der Waals surface area contributed by atoms with E-state index in [0.29, 0.717) is 5.57 Å². The first-order chi connectivity index (χ1) is 17.5. The maximum atomic E-state index is 15.2. The SMILES string of the molecule is CC(C)(C)OC[C@H](O)C(=O)N1CC=C(c2c(F)cc(N3C(=O)OCC3COc3ccon3)cc2F)CC1. The average Bonchev–Trinajstić information content (AvgIpc) is 3.49. The van der Waals surface area contributed by atoms with E-state index >= 15 is 8.78 Å². The van der Waals surface area contributed by atoms with Crippen LogP contribution in [0, 0.1) is 11.6 Å². The number of hydrogen-bond donors (Lipinski definition) is 1. The molecule has 1 N–H and O–H groups in total. The lowest BCUT2D eigenvalue weighted by Gasteiger charge is -2.30. The highest BCUT2D eigenvalue weighted by atomic mass is 19.1. The molecule has 0 bridgehead atoms. The van der Waals surface area contributed by atoms with Gasteiger partial charge in [0.25, 0.3) is 11.8 Å². The van der Waals surface area contributed by atoms with Crippen LogP contribution < -0.4 is 9.64 Å². The molecule has 2 aliphatic heterocycles. The molecule has 0 aliphatic carbocycles. The normalized spacial score (nSPS) is 19.0. The van der Waals surface area contributed by atoms with Crippen molar-refractivity contribution >= 4 is 23.3 Å². The molecule has 37 heavy (non-hydrogen) atoms. The Hall–Kier alpha value is -3.51. The second-order valence-corrected chi connectivity index (χ2v) is 9.74. The molecule has 2 aromatic rings. The topological polar surface area (TPSA) is 115 Å². The van der Waals surface area contributed by atoms with Gasteiger partial charge in [0.15, 0.2) is 6.10 Å². The summed E-state index contributed by atoms with van der Waals surface area (Å²) in [4.78, 5) is 27.4. The van der Waals surface area contributed by atoms with Gasteiger partial charge in [-0.3, -0.25) is 9.69 Å². The fraction of sp³-hybridized carbons (Fsp3) is 0.480. The highest BCUT2D eigenvalue weighted by Crippen LogP contribution is 2.33. The zero-order valence-electron chi connectivity index (χ0n) is 20.8.